The molecule has 0 N–H and O–H groups in total. The topological polar surface area (TPSA) is 37.2 Å². The van der Waals surface area contributed by atoms with Crippen molar-refractivity contribution < 1.29 is 0 Å². The standard InChI is InChI=1S/C17H27N5/c1-4-21-11-6-5-9-15(21)17-19-14-8-7-10-18-16(14)22(17)13-12-20(2)3/h7-8,10,15H,4-6,9,11-13H2,1-3H3. The van der Waals surface area contributed by atoms with Crippen LogP contribution in [0.3, 0.4) is 0 Å². The second-order valence-electron chi connectivity index (χ2n) is 6.41. The van der Waals surface area contributed by atoms with E-state index in [1.54, 1.807) is 0 Å². The Hall–Kier alpha value is -1.46. The van der Waals surface area contributed by atoms with Crippen molar-refractivity contribution in [2.45, 2.75) is 38.8 Å². The molecule has 2 aromatic heterocycles. The van der Waals surface area contributed by atoms with Crippen LogP contribution in [0.25, 0.3) is 11.2 Å². The molecule has 0 aromatic carbocycles. The van der Waals surface area contributed by atoms with E-state index in [-0.39, 0.29) is 0 Å². The zero-order valence-electron chi connectivity index (χ0n) is 14.0. The summed E-state index contributed by atoms with van der Waals surface area (Å²) in [5.41, 5.74) is 2.05. The van der Waals surface area contributed by atoms with Gasteiger partial charge < -0.3 is 9.47 Å². The van der Waals surface area contributed by atoms with Crippen molar-refractivity contribution in [3.8, 4) is 0 Å². The molecule has 3 rings (SSSR count). The van der Waals surface area contributed by atoms with Crippen LogP contribution in [0.15, 0.2) is 18.3 Å². The molecule has 1 aliphatic heterocycles. The van der Waals surface area contributed by atoms with E-state index in [9.17, 15) is 0 Å². The van der Waals surface area contributed by atoms with Crippen LogP contribution < -0.4 is 0 Å². The van der Waals surface area contributed by atoms with Crippen LogP contribution in [0.5, 0.6) is 0 Å². The predicted molar refractivity (Wildman–Crippen MR) is 89.9 cm³/mol. The van der Waals surface area contributed by atoms with Gasteiger partial charge in [0.1, 0.15) is 11.3 Å². The van der Waals surface area contributed by atoms with Gasteiger partial charge in [-0.05, 0) is 52.2 Å². The van der Waals surface area contributed by atoms with E-state index in [1.165, 1.54) is 31.6 Å². The number of likely N-dealkylation sites (N-methyl/N-ethyl adjacent to an activating group) is 1. The number of fused-ring (bicyclic) bond motifs is 1. The number of aromatic nitrogens is 3. The number of likely N-dealkylation sites (tertiary alicyclic amines) is 1. The molecule has 0 spiro atoms. The molecule has 1 atom stereocenters. The zero-order valence-corrected chi connectivity index (χ0v) is 14.0. The highest BCUT2D eigenvalue weighted by molar-refractivity contribution is 5.71. The smallest absolute Gasteiger partial charge is 0.160 e. The van der Waals surface area contributed by atoms with Crippen molar-refractivity contribution in [2.24, 2.45) is 0 Å². The highest BCUT2D eigenvalue weighted by atomic mass is 15.2. The SMILES string of the molecule is CCN1CCCCC1c1nc2cccnc2n1CCN(C)C. The number of hydrogen-bond acceptors (Lipinski definition) is 4. The monoisotopic (exact) mass is 301 g/mol. The summed E-state index contributed by atoms with van der Waals surface area (Å²) in [5.74, 6) is 1.21. The first kappa shape index (κ1) is 15.4. The van der Waals surface area contributed by atoms with E-state index in [1.807, 2.05) is 12.3 Å². The molecule has 5 nitrogen and oxygen atoms in total. The van der Waals surface area contributed by atoms with E-state index in [0.717, 1.165) is 30.8 Å². The zero-order chi connectivity index (χ0) is 15.5. The minimum Gasteiger partial charge on any atom is -0.310 e. The van der Waals surface area contributed by atoms with Crippen LogP contribution in [0.4, 0.5) is 0 Å². The van der Waals surface area contributed by atoms with Gasteiger partial charge in [0, 0.05) is 19.3 Å². The van der Waals surface area contributed by atoms with Crippen LogP contribution in [-0.2, 0) is 6.54 Å². The molecular formula is C17H27N5. The molecule has 0 saturated carbocycles. The lowest BCUT2D eigenvalue weighted by Gasteiger charge is -2.34. The molecule has 1 aliphatic rings. The first-order chi connectivity index (χ1) is 10.7. The number of piperidine rings is 1. The minimum atomic E-state index is 0.440. The summed E-state index contributed by atoms with van der Waals surface area (Å²) < 4.78 is 2.34. The van der Waals surface area contributed by atoms with Gasteiger partial charge in [0.25, 0.3) is 0 Å². The van der Waals surface area contributed by atoms with Crippen LogP contribution in [-0.4, -0.2) is 58.1 Å². The van der Waals surface area contributed by atoms with Crippen molar-refractivity contribution in [1.82, 2.24) is 24.3 Å². The second-order valence-corrected chi connectivity index (χ2v) is 6.41. The number of rotatable bonds is 5. The third-order valence-corrected chi connectivity index (χ3v) is 4.62. The van der Waals surface area contributed by atoms with E-state index in [4.69, 9.17) is 4.98 Å². The number of imidazole rings is 1. The average Bonchev–Trinajstić information content (AvgIpc) is 2.91. The lowest BCUT2D eigenvalue weighted by Crippen LogP contribution is -2.35. The van der Waals surface area contributed by atoms with Gasteiger partial charge in [-0.25, -0.2) is 9.97 Å². The molecule has 1 saturated heterocycles. The van der Waals surface area contributed by atoms with Crippen molar-refractivity contribution in [1.29, 1.82) is 0 Å². The van der Waals surface area contributed by atoms with Crippen molar-refractivity contribution in [3.63, 3.8) is 0 Å². The molecule has 5 heteroatoms. The summed E-state index contributed by atoms with van der Waals surface area (Å²) in [4.78, 5) is 14.3. The van der Waals surface area contributed by atoms with Gasteiger partial charge >= 0.3 is 0 Å². The summed E-state index contributed by atoms with van der Waals surface area (Å²) in [6.45, 7) is 6.49. The van der Waals surface area contributed by atoms with Gasteiger partial charge in [-0.1, -0.05) is 13.3 Å². The van der Waals surface area contributed by atoms with Gasteiger partial charge in [0.15, 0.2) is 5.65 Å². The lowest BCUT2D eigenvalue weighted by molar-refractivity contribution is 0.146. The Morgan fingerprint density at radius 3 is 2.95 bits per heavy atom. The average molecular weight is 301 g/mol. The van der Waals surface area contributed by atoms with Crippen molar-refractivity contribution in [2.75, 3.05) is 33.7 Å². The van der Waals surface area contributed by atoms with Gasteiger partial charge in [-0.3, -0.25) is 4.90 Å². The maximum absolute atomic E-state index is 4.95. The Labute approximate surface area is 132 Å². The molecule has 22 heavy (non-hydrogen) atoms. The fraction of sp³-hybridized carbons (Fsp3) is 0.647. The van der Waals surface area contributed by atoms with E-state index < -0.39 is 0 Å². The molecule has 0 radical (unpaired) electrons. The van der Waals surface area contributed by atoms with Crippen LogP contribution >= 0.6 is 0 Å². The third kappa shape index (κ3) is 3.01. The van der Waals surface area contributed by atoms with Crippen LogP contribution in [0.2, 0.25) is 0 Å². The molecule has 0 aliphatic carbocycles. The Kier molecular flexibility index (Phi) is 4.74. The summed E-state index contributed by atoms with van der Waals surface area (Å²) in [7, 11) is 4.23. The van der Waals surface area contributed by atoms with Crippen LogP contribution in [0.1, 0.15) is 38.1 Å². The lowest BCUT2D eigenvalue weighted by atomic mass is 10.0. The van der Waals surface area contributed by atoms with Crippen molar-refractivity contribution in [3.05, 3.63) is 24.2 Å². The second kappa shape index (κ2) is 6.75. The Morgan fingerprint density at radius 1 is 1.32 bits per heavy atom. The molecule has 0 amide bonds. The molecule has 1 fully saturated rings. The molecule has 2 aromatic rings. The Bertz CT molecular complexity index is 619. The van der Waals surface area contributed by atoms with Gasteiger partial charge in [-0.15, -0.1) is 0 Å². The summed E-state index contributed by atoms with van der Waals surface area (Å²) in [5, 5.41) is 0. The van der Waals surface area contributed by atoms with Crippen molar-refractivity contribution >= 4 is 11.2 Å². The summed E-state index contributed by atoms with van der Waals surface area (Å²) in [6.07, 6.45) is 5.68. The molecule has 120 valence electrons. The normalized spacial score (nSPS) is 20.1. The molecule has 0 bridgehead atoms. The Balaban J connectivity index is 2.01. The van der Waals surface area contributed by atoms with Crippen LogP contribution in [0, 0.1) is 0 Å². The van der Waals surface area contributed by atoms with E-state index in [2.05, 4.69) is 46.4 Å². The third-order valence-electron chi connectivity index (χ3n) is 4.62. The largest absolute Gasteiger partial charge is 0.310 e. The maximum Gasteiger partial charge on any atom is 0.160 e. The predicted octanol–water partition coefficient (Wildman–Crippen LogP) is 2.54. The maximum atomic E-state index is 4.95. The number of nitrogens with zero attached hydrogens (tertiary/aromatic N) is 5. The fourth-order valence-corrected chi connectivity index (χ4v) is 3.41. The summed E-state index contributed by atoms with van der Waals surface area (Å²) in [6, 6.07) is 4.50. The van der Waals surface area contributed by atoms with Gasteiger partial charge in [0.2, 0.25) is 0 Å². The molecule has 3 heterocycles. The summed E-state index contributed by atoms with van der Waals surface area (Å²) >= 11 is 0. The minimum absolute atomic E-state index is 0.440. The fourth-order valence-electron chi connectivity index (χ4n) is 3.41. The Morgan fingerprint density at radius 2 is 2.18 bits per heavy atom. The van der Waals surface area contributed by atoms with Gasteiger partial charge in [-0.2, -0.15) is 0 Å². The highest BCUT2D eigenvalue weighted by Crippen LogP contribution is 2.31. The van der Waals surface area contributed by atoms with E-state index >= 15 is 0 Å². The first-order valence-electron chi connectivity index (χ1n) is 8.40. The van der Waals surface area contributed by atoms with E-state index in [0.29, 0.717) is 6.04 Å². The number of pyridine rings is 1. The molecule has 1 unspecified atom stereocenters. The first-order valence-corrected chi connectivity index (χ1v) is 8.40. The number of hydrogen-bond donors (Lipinski definition) is 0. The quantitative estimate of drug-likeness (QED) is 0.850. The highest BCUT2D eigenvalue weighted by Gasteiger charge is 2.27. The van der Waals surface area contributed by atoms with Gasteiger partial charge in [0.05, 0.1) is 6.04 Å². The molecular weight excluding hydrogens is 274 g/mol.